The number of carbonyl (C=O) groups excluding carboxylic acids is 5. The lowest BCUT2D eigenvalue weighted by Crippen LogP contribution is -2.52. The van der Waals surface area contributed by atoms with E-state index in [1.54, 1.807) is 6.07 Å². The summed E-state index contributed by atoms with van der Waals surface area (Å²) in [5, 5.41) is 62.3. The molecule has 0 aliphatic heterocycles. The quantitative estimate of drug-likeness (QED) is 0.0372. The molecule has 0 bridgehead atoms. The molecule has 344 valence electrons. The molecule has 0 radical (unpaired) electrons. The second-order valence-electron chi connectivity index (χ2n) is 14.4. The lowest BCUT2D eigenvalue weighted by atomic mass is 10.0. The highest BCUT2D eigenvalue weighted by molar-refractivity contribution is 5.98. The van der Waals surface area contributed by atoms with Crippen molar-refractivity contribution in [2.24, 2.45) is 0 Å². The van der Waals surface area contributed by atoms with Crippen LogP contribution in [0.25, 0.3) is 10.8 Å². The van der Waals surface area contributed by atoms with E-state index in [0.29, 0.717) is 5.56 Å². The Hall–Kier alpha value is -7.72. The standard InChI is InChI=1S/C41H48FN7O15/c42-31-14-10-25(21-44-31)35(55)46-26(12-16-33(51)52)37(57)47-28(39(60)61)11-15-32(50)45-30(20-22-8-9-23-5-1-2-6-24(23)19-22)36(56)43-18-4-3-7-27(38(58)59)48-41(64)49-29(40(62)63)13-17-34(53)54/h1-2,5-6,8-10,14,19,21,26-30H,3-4,7,11-13,15-18,20H2,(H,43,56)(H,45,50)(H,46,55)(H,47,57)(H,51,52)(H,53,54)(H,58,59)(H,60,61)(H,62,63)(H2,48,49,64)/t26-,27+,28-,29+,30+/m1/s1/i42-1. The summed E-state index contributed by atoms with van der Waals surface area (Å²) in [7, 11) is 0. The minimum Gasteiger partial charge on any atom is -0.481 e. The number of pyridine rings is 1. The van der Waals surface area contributed by atoms with Gasteiger partial charge in [0.25, 0.3) is 5.91 Å². The van der Waals surface area contributed by atoms with E-state index in [0.717, 1.165) is 29.1 Å². The molecular weight excluding hydrogens is 848 g/mol. The minimum absolute atomic E-state index is 0.0257. The number of aliphatic carboxylic acids is 5. The molecule has 1 aromatic heterocycles. The number of amides is 6. The number of carboxylic acids is 5. The Kier molecular flexibility index (Phi) is 20.0. The van der Waals surface area contributed by atoms with Crippen LogP contribution in [0.1, 0.15) is 73.7 Å². The summed E-state index contributed by atoms with van der Waals surface area (Å²) in [5.74, 6) is -11.5. The molecular formula is C41H48FN7O15. The molecule has 0 unspecified atom stereocenters. The number of hydrogen-bond acceptors (Lipinski definition) is 11. The van der Waals surface area contributed by atoms with Gasteiger partial charge < -0.3 is 57.4 Å². The number of halogens is 1. The third kappa shape index (κ3) is 17.7. The Morgan fingerprint density at radius 2 is 1.14 bits per heavy atom. The van der Waals surface area contributed by atoms with Gasteiger partial charge in [0.1, 0.15) is 30.2 Å². The monoisotopic (exact) mass is 896 g/mol. The molecule has 0 aliphatic carbocycles. The SMILES string of the molecule is O=C(O)CC[C@H](NC(=O)N[C@@H](CCCCNC(=O)[C@H](Cc1ccc2ccccc2c1)NC(=O)CC[C@@H](NC(=O)[C@@H](CCC(=O)O)NC(=O)c1ccc([18F])nc1)C(=O)O)C(=O)O)C(=O)O. The van der Waals surface area contributed by atoms with Crippen LogP contribution in [0.5, 0.6) is 0 Å². The number of hydrogen-bond donors (Lipinski definition) is 11. The summed E-state index contributed by atoms with van der Waals surface area (Å²) in [6.07, 6.45) is -2.09. The van der Waals surface area contributed by atoms with Gasteiger partial charge in [0.2, 0.25) is 23.7 Å². The van der Waals surface area contributed by atoms with Crippen molar-refractivity contribution >= 4 is 70.3 Å². The summed E-state index contributed by atoms with van der Waals surface area (Å²) in [5.41, 5.74) is 0.471. The van der Waals surface area contributed by atoms with E-state index in [-0.39, 0.29) is 37.8 Å². The number of unbranched alkanes of at least 4 members (excludes halogenated alkanes) is 1. The van der Waals surface area contributed by atoms with E-state index in [4.69, 9.17) is 10.2 Å². The van der Waals surface area contributed by atoms with Crippen molar-refractivity contribution < 1.29 is 77.9 Å². The van der Waals surface area contributed by atoms with Crippen LogP contribution in [-0.4, -0.2) is 127 Å². The minimum atomic E-state index is -1.71. The first-order chi connectivity index (χ1) is 30.3. The van der Waals surface area contributed by atoms with Crippen LogP contribution in [0.4, 0.5) is 9.18 Å². The van der Waals surface area contributed by atoms with Crippen LogP contribution in [-0.2, 0) is 44.8 Å². The topological polar surface area (TPSA) is 357 Å². The van der Waals surface area contributed by atoms with E-state index < -0.39 is 134 Å². The maximum absolute atomic E-state index is 13.5. The Morgan fingerprint density at radius 1 is 0.562 bits per heavy atom. The van der Waals surface area contributed by atoms with E-state index >= 15 is 0 Å². The Labute approximate surface area is 363 Å². The van der Waals surface area contributed by atoms with Gasteiger partial charge in [0, 0.05) is 38.4 Å². The zero-order chi connectivity index (χ0) is 47.3. The molecule has 0 saturated heterocycles. The van der Waals surface area contributed by atoms with Gasteiger partial charge in [-0.15, -0.1) is 0 Å². The Bertz CT molecular complexity index is 2190. The van der Waals surface area contributed by atoms with Crippen LogP contribution in [0.3, 0.4) is 0 Å². The molecule has 0 spiro atoms. The maximum Gasteiger partial charge on any atom is 0.326 e. The number of nitrogens with one attached hydrogen (secondary N) is 6. The molecule has 6 amide bonds. The molecule has 22 nitrogen and oxygen atoms in total. The highest BCUT2D eigenvalue weighted by atomic mass is 18.2. The molecule has 0 aliphatic rings. The summed E-state index contributed by atoms with van der Waals surface area (Å²) in [6.45, 7) is -0.0257. The maximum atomic E-state index is 13.5. The van der Waals surface area contributed by atoms with Crippen LogP contribution in [0, 0.1) is 5.95 Å². The predicted octanol–water partition coefficient (Wildman–Crippen LogP) is 0.771. The van der Waals surface area contributed by atoms with Crippen molar-refractivity contribution in [3.05, 3.63) is 77.9 Å². The zero-order valence-corrected chi connectivity index (χ0v) is 34.1. The number of carboxylic acid groups (broad SMARTS) is 5. The Morgan fingerprint density at radius 3 is 1.73 bits per heavy atom. The van der Waals surface area contributed by atoms with Gasteiger partial charge in [-0.2, -0.15) is 4.39 Å². The van der Waals surface area contributed by atoms with Crippen molar-refractivity contribution in [1.29, 1.82) is 0 Å². The average molecular weight is 897 g/mol. The largest absolute Gasteiger partial charge is 0.481 e. The van der Waals surface area contributed by atoms with Gasteiger partial charge in [-0.05, 0) is 67.0 Å². The van der Waals surface area contributed by atoms with Crippen molar-refractivity contribution in [2.75, 3.05) is 6.54 Å². The third-order valence-electron chi connectivity index (χ3n) is 9.51. The smallest absolute Gasteiger partial charge is 0.326 e. The second kappa shape index (κ2) is 25.3. The molecule has 3 aromatic rings. The molecule has 1 heterocycles. The Balaban J connectivity index is 1.64. The fourth-order valence-electron chi connectivity index (χ4n) is 6.12. The molecule has 0 saturated carbocycles. The predicted molar refractivity (Wildman–Crippen MR) is 219 cm³/mol. The van der Waals surface area contributed by atoms with Crippen molar-refractivity contribution in [3.8, 4) is 0 Å². The number of urea groups is 1. The van der Waals surface area contributed by atoms with Crippen LogP contribution in [0.15, 0.2) is 60.8 Å². The van der Waals surface area contributed by atoms with Gasteiger partial charge in [-0.25, -0.2) is 24.2 Å². The molecule has 5 atom stereocenters. The fourth-order valence-corrected chi connectivity index (χ4v) is 6.12. The second-order valence-corrected chi connectivity index (χ2v) is 14.4. The van der Waals surface area contributed by atoms with Gasteiger partial charge in [-0.1, -0.05) is 42.5 Å². The summed E-state index contributed by atoms with van der Waals surface area (Å²) < 4.78 is 13.3. The highest BCUT2D eigenvalue weighted by Crippen LogP contribution is 2.17. The first-order valence-corrected chi connectivity index (χ1v) is 19.8. The van der Waals surface area contributed by atoms with Gasteiger partial charge in [0.05, 0.1) is 5.56 Å². The van der Waals surface area contributed by atoms with Gasteiger partial charge in [0.15, 0.2) is 0 Å². The van der Waals surface area contributed by atoms with E-state index in [1.807, 2.05) is 41.7 Å². The van der Waals surface area contributed by atoms with Crippen molar-refractivity contribution in [2.45, 2.75) is 94.4 Å². The number of carbonyl (C=O) groups is 10. The molecule has 3 rings (SSSR count). The van der Waals surface area contributed by atoms with E-state index in [2.05, 4.69) is 31.6 Å². The third-order valence-corrected chi connectivity index (χ3v) is 9.51. The number of aromatic nitrogens is 1. The first kappa shape index (κ1) is 50.6. The lowest BCUT2D eigenvalue weighted by molar-refractivity contribution is -0.143. The zero-order valence-electron chi connectivity index (χ0n) is 34.1. The van der Waals surface area contributed by atoms with Gasteiger partial charge >= 0.3 is 35.9 Å². The summed E-state index contributed by atoms with van der Waals surface area (Å²) in [6, 6.07) is 5.99. The van der Waals surface area contributed by atoms with Crippen molar-refractivity contribution in [3.63, 3.8) is 0 Å². The van der Waals surface area contributed by atoms with E-state index in [9.17, 15) is 67.7 Å². The summed E-state index contributed by atoms with van der Waals surface area (Å²) >= 11 is 0. The number of benzene rings is 2. The number of fused-ring (bicyclic) bond motifs is 1. The lowest BCUT2D eigenvalue weighted by Gasteiger charge is -2.22. The summed E-state index contributed by atoms with van der Waals surface area (Å²) in [4.78, 5) is 126. The van der Waals surface area contributed by atoms with Gasteiger partial charge in [-0.3, -0.25) is 28.8 Å². The highest BCUT2D eigenvalue weighted by Gasteiger charge is 2.30. The number of rotatable bonds is 27. The molecule has 23 heteroatoms. The molecule has 0 fully saturated rings. The molecule has 11 N–H and O–H groups in total. The van der Waals surface area contributed by atoms with Crippen LogP contribution >= 0.6 is 0 Å². The van der Waals surface area contributed by atoms with Crippen molar-refractivity contribution in [1.82, 2.24) is 36.9 Å². The average Bonchev–Trinajstić information content (AvgIpc) is 3.23. The molecule has 2 aromatic carbocycles. The normalized spacial score (nSPS) is 13.1. The van der Waals surface area contributed by atoms with Crippen LogP contribution in [0.2, 0.25) is 0 Å². The molecule has 64 heavy (non-hydrogen) atoms. The van der Waals surface area contributed by atoms with E-state index in [1.165, 1.54) is 0 Å². The van der Waals surface area contributed by atoms with Crippen LogP contribution < -0.4 is 31.9 Å². The fraction of sp³-hybridized carbons (Fsp3) is 0.390. The first-order valence-electron chi connectivity index (χ1n) is 19.8. The number of nitrogens with zero attached hydrogens (tertiary/aromatic N) is 1.